The first-order valence-electron chi connectivity index (χ1n) is 9.86. The third-order valence-electron chi connectivity index (χ3n) is 4.95. The molecule has 1 aliphatic rings. The van der Waals surface area contributed by atoms with E-state index in [2.05, 4.69) is 22.3 Å². The average Bonchev–Trinajstić information content (AvgIpc) is 3.24. The summed E-state index contributed by atoms with van der Waals surface area (Å²) >= 11 is 1.51. The molecule has 2 aromatic rings. The smallest absolute Gasteiger partial charge is 0.312 e. The number of urea groups is 1. The monoisotopic (exact) mass is 416 g/mol. The molecule has 1 aromatic carbocycles. The van der Waals surface area contributed by atoms with Crippen LogP contribution in [0, 0.1) is 0 Å². The number of rotatable bonds is 8. The molecular formula is C21H28N4O3S. The predicted octanol–water partition coefficient (Wildman–Crippen LogP) is 2.59. The Morgan fingerprint density at radius 3 is 2.48 bits per heavy atom. The zero-order chi connectivity index (χ0) is 20.6. The van der Waals surface area contributed by atoms with Gasteiger partial charge in [0.25, 0.3) is 0 Å². The van der Waals surface area contributed by atoms with Crippen LogP contribution in [0.5, 0.6) is 5.75 Å². The molecule has 8 heteroatoms. The number of benzene rings is 1. The van der Waals surface area contributed by atoms with Gasteiger partial charge in [-0.15, -0.1) is 11.3 Å². The summed E-state index contributed by atoms with van der Waals surface area (Å²) in [6.07, 6.45) is 0.225. The van der Waals surface area contributed by atoms with Crippen molar-refractivity contribution in [3.05, 3.63) is 52.2 Å². The first-order valence-corrected chi connectivity index (χ1v) is 10.7. The highest BCUT2D eigenvalue weighted by molar-refractivity contribution is 7.10. The maximum Gasteiger partial charge on any atom is 0.312 e. The highest BCUT2D eigenvalue weighted by atomic mass is 32.1. The van der Waals surface area contributed by atoms with Gasteiger partial charge in [0.2, 0.25) is 5.91 Å². The van der Waals surface area contributed by atoms with Gasteiger partial charge < -0.3 is 20.7 Å². The number of piperazine rings is 1. The Morgan fingerprint density at radius 1 is 1.17 bits per heavy atom. The van der Waals surface area contributed by atoms with Crippen LogP contribution in [0.25, 0.3) is 0 Å². The van der Waals surface area contributed by atoms with Crippen LogP contribution < -0.4 is 15.8 Å². The lowest BCUT2D eigenvalue weighted by Crippen LogP contribution is -2.49. The second kappa shape index (κ2) is 10.3. The lowest BCUT2D eigenvalue weighted by molar-refractivity contribution is -0.133. The summed E-state index contributed by atoms with van der Waals surface area (Å²) in [4.78, 5) is 29.2. The van der Waals surface area contributed by atoms with Gasteiger partial charge in [-0.3, -0.25) is 9.69 Å². The van der Waals surface area contributed by atoms with E-state index in [-0.39, 0.29) is 18.4 Å². The second-order valence-corrected chi connectivity index (χ2v) is 7.99. The molecule has 0 aliphatic carbocycles. The summed E-state index contributed by atoms with van der Waals surface area (Å²) in [7, 11) is 0. The van der Waals surface area contributed by atoms with E-state index in [0.717, 1.165) is 30.3 Å². The number of nitrogens with two attached hydrogens (primary N) is 1. The molecule has 29 heavy (non-hydrogen) atoms. The molecule has 7 nitrogen and oxygen atoms in total. The minimum absolute atomic E-state index is 0.0397. The Hall–Kier alpha value is -2.58. The molecule has 0 spiro atoms. The third kappa shape index (κ3) is 6.20. The van der Waals surface area contributed by atoms with Crippen LogP contribution in [0.4, 0.5) is 4.79 Å². The van der Waals surface area contributed by atoms with Gasteiger partial charge in [-0.1, -0.05) is 18.2 Å². The molecule has 0 bridgehead atoms. The van der Waals surface area contributed by atoms with E-state index < -0.39 is 6.03 Å². The lowest BCUT2D eigenvalue weighted by Gasteiger charge is -2.35. The molecule has 2 heterocycles. The quantitative estimate of drug-likeness (QED) is 0.692. The molecule has 3 rings (SSSR count). The van der Waals surface area contributed by atoms with Gasteiger partial charge in [-0.2, -0.15) is 0 Å². The van der Waals surface area contributed by atoms with Crippen molar-refractivity contribution in [1.82, 2.24) is 15.1 Å². The molecule has 1 aromatic heterocycles. The summed E-state index contributed by atoms with van der Waals surface area (Å²) in [5.74, 6) is 0.925. The summed E-state index contributed by atoms with van der Waals surface area (Å²) in [5, 5.41) is 4.61. The van der Waals surface area contributed by atoms with E-state index in [1.165, 1.54) is 16.9 Å². The van der Waals surface area contributed by atoms with Crippen LogP contribution in [-0.2, 0) is 11.3 Å². The highest BCUT2D eigenvalue weighted by Gasteiger charge is 2.25. The van der Waals surface area contributed by atoms with Crippen molar-refractivity contribution in [2.45, 2.75) is 25.9 Å². The van der Waals surface area contributed by atoms with Gasteiger partial charge in [0.05, 0.1) is 19.1 Å². The van der Waals surface area contributed by atoms with Crippen LogP contribution in [-0.4, -0.2) is 54.5 Å². The standard InChI is InChI=1S/C21H28N4O3S/c1-2-28-17-7-5-16(6-8-17)15-24-9-11-25(12-10-24)20(26)14-18(23-21(22)27)19-4-3-13-29-19/h3-8,13,18H,2,9-12,14-15H2,1H3,(H3,22,23,27). The number of nitrogens with zero attached hydrogens (tertiary/aromatic N) is 2. The van der Waals surface area contributed by atoms with E-state index in [1.807, 2.05) is 41.5 Å². The number of amides is 3. The number of thiophene rings is 1. The van der Waals surface area contributed by atoms with Crippen molar-refractivity contribution in [1.29, 1.82) is 0 Å². The van der Waals surface area contributed by atoms with Crippen molar-refractivity contribution in [2.75, 3.05) is 32.8 Å². The zero-order valence-corrected chi connectivity index (χ0v) is 17.5. The van der Waals surface area contributed by atoms with Crippen molar-refractivity contribution >= 4 is 23.3 Å². The Morgan fingerprint density at radius 2 is 1.90 bits per heavy atom. The van der Waals surface area contributed by atoms with Gasteiger partial charge in [-0.25, -0.2) is 4.79 Å². The van der Waals surface area contributed by atoms with Crippen molar-refractivity contribution in [3.8, 4) is 5.75 Å². The second-order valence-electron chi connectivity index (χ2n) is 7.01. The molecule has 1 atom stereocenters. The molecule has 156 valence electrons. The highest BCUT2D eigenvalue weighted by Crippen LogP contribution is 2.23. The van der Waals surface area contributed by atoms with Gasteiger partial charge in [0.15, 0.2) is 0 Å². The summed E-state index contributed by atoms with van der Waals surface area (Å²) < 4.78 is 5.48. The summed E-state index contributed by atoms with van der Waals surface area (Å²) in [5.41, 5.74) is 6.52. The molecule has 1 saturated heterocycles. The SMILES string of the molecule is CCOc1ccc(CN2CCN(C(=O)CC(NC(N)=O)c3cccs3)CC2)cc1. The molecule has 1 fully saturated rings. The van der Waals surface area contributed by atoms with Crippen LogP contribution in [0.1, 0.15) is 29.8 Å². The normalized spacial score (nSPS) is 15.7. The number of hydrogen-bond acceptors (Lipinski definition) is 5. The van der Waals surface area contributed by atoms with E-state index in [1.54, 1.807) is 0 Å². The fourth-order valence-corrected chi connectivity index (χ4v) is 4.24. The van der Waals surface area contributed by atoms with E-state index in [9.17, 15) is 9.59 Å². The van der Waals surface area contributed by atoms with Gasteiger partial charge in [0, 0.05) is 37.6 Å². The Kier molecular flexibility index (Phi) is 7.48. The van der Waals surface area contributed by atoms with Gasteiger partial charge in [0.1, 0.15) is 5.75 Å². The van der Waals surface area contributed by atoms with E-state index in [4.69, 9.17) is 10.5 Å². The molecule has 0 radical (unpaired) electrons. The van der Waals surface area contributed by atoms with Crippen LogP contribution >= 0.6 is 11.3 Å². The largest absolute Gasteiger partial charge is 0.494 e. The topological polar surface area (TPSA) is 87.9 Å². The molecule has 1 aliphatic heterocycles. The van der Waals surface area contributed by atoms with E-state index >= 15 is 0 Å². The van der Waals surface area contributed by atoms with Crippen molar-refractivity contribution < 1.29 is 14.3 Å². The number of nitrogens with one attached hydrogen (secondary N) is 1. The number of carbonyl (C=O) groups is 2. The fraction of sp³-hybridized carbons (Fsp3) is 0.429. The average molecular weight is 417 g/mol. The van der Waals surface area contributed by atoms with Gasteiger partial charge in [-0.05, 0) is 36.1 Å². The van der Waals surface area contributed by atoms with Crippen LogP contribution in [0.3, 0.4) is 0 Å². The maximum absolute atomic E-state index is 12.8. The minimum atomic E-state index is -0.614. The maximum atomic E-state index is 12.8. The molecule has 1 unspecified atom stereocenters. The Labute approximate surface area is 175 Å². The fourth-order valence-electron chi connectivity index (χ4n) is 3.46. The number of primary amides is 1. The molecule has 0 saturated carbocycles. The van der Waals surface area contributed by atoms with Crippen molar-refractivity contribution in [2.24, 2.45) is 5.73 Å². The predicted molar refractivity (Wildman–Crippen MR) is 114 cm³/mol. The molecular weight excluding hydrogens is 388 g/mol. The Bertz CT molecular complexity index is 787. The van der Waals surface area contributed by atoms with Crippen molar-refractivity contribution in [3.63, 3.8) is 0 Å². The van der Waals surface area contributed by atoms with Crippen LogP contribution in [0.15, 0.2) is 41.8 Å². The Balaban J connectivity index is 1.49. The van der Waals surface area contributed by atoms with E-state index in [0.29, 0.717) is 19.7 Å². The number of hydrogen-bond donors (Lipinski definition) is 2. The third-order valence-corrected chi connectivity index (χ3v) is 5.93. The first kappa shape index (κ1) is 21.1. The molecule has 3 amide bonds. The van der Waals surface area contributed by atoms with Crippen LogP contribution in [0.2, 0.25) is 0 Å². The van der Waals surface area contributed by atoms with Gasteiger partial charge >= 0.3 is 6.03 Å². The number of ether oxygens (including phenoxy) is 1. The lowest BCUT2D eigenvalue weighted by atomic mass is 10.1. The zero-order valence-electron chi connectivity index (χ0n) is 16.7. The number of carbonyl (C=O) groups excluding carboxylic acids is 2. The minimum Gasteiger partial charge on any atom is -0.494 e. The summed E-state index contributed by atoms with van der Waals surface area (Å²) in [6, 6.07) is 11.0. The molecule has 3 N–H and O–H groups in total. The summed E-state index contributed by atoms with van der Waals surface area (Å²) in [6.45, 7) is 6.51. The first-order chi connectivity index (χ1) is 14.0.